The molecule has 3 rings (SSSR count). The minimum atomic E-state index is -0.816. The van der Waals surface area contributed by atoms with E-state index in [-0.39, 0.29) is 11.7 Å². The average Bonchev–Trinajstić information content (AvgIpc) is 2.99. The molecule has 0 aromatic heterocycles. The van der Waals surface area contributed by atoms with Crippen LogP contribution in [0.3, 0.4) is 0 Å². The molecule has 5 heteroatoms. The number of rotatable bonds is 0. The van der Waals surface area contributed by atoms with Crippen LogP contribution in [0.1, 0.15) is 26.7 Å². The van der Waals surface area contributed by atoms with Crippen molar-refractivity contribution in [1.82, 2.24) is 0 Å². The third kappa shape index (κ3) is 2.01. The van der Waals surface area contributed by atoms with Crippen LogP contribution in [-0.2, 0) is 14.3 Å². The summed E-state index contributed by atoms with van der Waals surface area (Å²) in [6, 6.07) is 0. The molecule has 5 nitrogen and oxygen atoms in total. The Balaban J connectivity index is 1.97. The predicted molar refractivity (Wildman–Crippen MR) is 70.8 cm³/mol. The second-order valence-electron chi connectivity index (χ2n) is 6.23. The van der Waals surface area contributed by atoms with E-state index >= 15 is 0 Å². The van der Waals surface area contributed by atoms with E-state index < -0.39 is 35.8 Å². The third-order valence-corrected chi connectivity index (χ3v) is 4.75. The highest BCUT2D eigenvalue weighted by atomic mass is 16.6. The van der Waals surface area contributed by atoms with Crippen molar-refractivity contribution in [3.63, 3.8) is 0 Å². The van der Waals surface area contributed by atoms with Crippen molar-refractivity contribution in [3.8, 4) is 0 Å². The molecule has 2 N–H and O–H groups in total. The molecule has 2 saturated heterocycles. The monoisotopic (exact) mass is 280 g/mol. The van der Waals surface area contributed by atoms with Crippen LogP contribution >= 0.6 is 0 Å². The van der Waals surface area contributed by atoms with Gasteiger partial charge in [-0.15, -0.1) is 0 Å². The van der Waals surface area contributed by atoms with E-state index in [0.29, 0.717) is 12.8 Å². The number of aliphatic hydroxyl groups excluding tert-OH is 2. The Bertz CT molecular complexity index is 496. The minimum absolute atomic E-state index is 0.277. The summed E-state index contributed by atoms with van der Waals surface area (Å²) in [5, 5.41) is 20.6. The Morgan fingerprint density at radius 2 is 2.15 bits per heavy atom. The molecular weight excluding hydrogens is 260 g/mol. The van der Waals surface area contributed by atoms with Gasteiger partial charge in [0.25, 0.3) is 0 Å². The molecule has 0 unspecified atom stereocenters. The largest absolute Gasteiger partial charge is 0.454 e. The van der Waals surface area contributed by atoms with Crippen LogP contribution < -0.4 is 0 Å². The van der Waals surface area contributed by atoms with Crippen LogP contribution in [-0.4, -0.2) is 46.2 Å². The lowest BCUT2D eigenvalue weighted by molar-refractivity contribution is -0.137. The number of carbonyl (C=O) groups excluding carboxylic acids is 1. The Hall–Kier alpha value is -1.17. The molecule has 1 aliphatic carbocycles. The highest BCUT2D eigenvalue weighted by Crippen LogP contribution is 2.48. The Morgan fingerprint density at radius 1 is 1.45 bits per heavy atom. The summed E-state index contributed by atoms with van der Waals surface area (Å²) in [6.07, 6.45) is 0.642. The van der Waals surface area contributed by atoms with Crippen molar-refractivity contribution in [1.29, 1.82) is 0 Å². The van der Waals surface area contributed by atoms with Crippen molar-refractivity contribution in [2.75, 3.05) is 0 Å². The maximum absolute atomic E-state index is 11.7. The van der Waals surface area contributed by atoms with Crippen LogP contribution in [0.15, 0.2) is 23.8 Å². The van der Waals surface area contributed by atoms with Gasteiger partial charge in [-0.1, -0.05) is 6.58 Å². The number of epoxide rings is 1. The standard InChI is InChI=1S/C15H20O5/c1-7-6-10-11(8(2)14(18)19-10)12(17)13-15(3,20-13)5-4-9(7)16/h6,9-13,16-17H,2,4-5H2,1,3H3/b7-6-/t9-,10+,11-,12+,13-,15-/m1/s1. The normalized spacial score (nSPS) is 50.6. The lowest BCUT2D eigenvalue weighted by Crippen LogP contribution is -2.36. The molecule has 0 aromatic carbocycles. The molecule has 0 radical (unpaired) electrons. The molecule has 2 aliphatic heterocycles. The number of hydrogen-bond donors (Lipinski definition) is 2. The molecule has 110 valence electrons. The van der Waals surface area contributed by atoms with Crippen LogP contribution in [0.25, 0.3) is 0 Å². The van der Waals surface area contributed by atoms with E-state index in [9.17, 15) is 15.0 Å². The van der Waals surface area contributed by atoms with Gasteiger partial charge in [0.1, 0.15) is 12.2 Å². The quantitative estimate of drug-likeness (QED) is 0.295. The smallest absolute Gasteiger partial charge is 0.334 e. The summed E-state index contributed by atoms with van der Waals surface area (Å²) in [5.74, 6) is -0.992. The maximum atomic E-state index is 11.7. The molecule has 0 amide bonds. The van der Waals surface area contributed by atoms with Crippen LogP contribution in [0.5, 0.6) is 0 Å². The molecule has 20 heavy (non-hydrogen) atoms. The van der Waals surface area contributed by atoms with E-state index in [2.05, 4.69) is 6.58 Å². The second-order valence-corrected chi connectivity index (χ2v) is 6.23. The first-order valence-corrected chi connectivity index (χ1v) is 6.95. The van der Waals surface area contributed by atoms with Gasteiger partial charge in [-0.05, 0) is 38.3 Å². The van der Waals surface area contributed by atoms with Crippen LogP contribution in [0, 0.1) is 5.92 Å². The lowest BCUT2D eigenvalue weighted by atomic mass is 9.82. The number of ether oxygens (including phenoxy) is 2. The van der Waals surface area contributed by atoms with Gasteiger partial charge in [-0.25, -0.2) is 4.79 Å². The fraction of sp³-hybridized carbons (Fsp3) is 0.667. The zero-order chi connectivity index (χ0) is 14.7. The summed E-state index contributed by atoms with van der Waals surface area (Å²) < 4.78 is 10.9. The van der Waals surface area contributed by atoms with E-state index in [1.807, 2.05) is 6.92 Å². The summed E-state index contributed by atoms with van der Waals surface area (Å²) in [5.41, 5.74) is 0.589. The third-order valence-electron chi connectivity index (χ3n) is 4.75. The Kier molecular flexibility index (Phi) is 3.04. The van der Waals surface area contributed by atoms with Gasteiger partial charge in [0, 0.05) is 5.57 Å². The van der Waals surface area contributed by atoms with Gasteiger partial charge < -0.3 is 19.7 Å². The molecule has 0 spiro atoms. The maximum Gasteiger partial charge on any atom is 0.334 e. The van der Waals surface area contributed by atoms with Gasteiger partial charge in [0.15, 0.2) is 0 Å². The summed E-state index contributed by atoms with van der Waals surface area (Å²) in [7, 11) is 0. The van der Waals surface area contributed by atoms with E-state index in [1.54, 1.807) is 13.0 Å². The van der Waals surface area contributed by atoms with E-state index in [0.717, 1.165) is 5.57 Å². The van der Waals surface area contributed by atoms with E-state index in [4.69, 9.17) is 9.47 Å². The summed E-state index contributed by atoms with van der Waals surface area (Å²) in [6.45, 7) is 7.46. The van der Waals surface area contributed by atoms with Gasteiger partial charge in [0.05, 0.1) is 23.7 Å². The topological polar surface area (TPSA) is 79.3 Å². The Morgan fingerprint density at radius 3 is 2.85 bits per heavy atom. The average molecular weight is 280 g/mol. The van der Waals surface area contributed by atoms with Gasteiger partial charge in [0.2, 0.25) is 0 Å². The Labute approximate surface area is 117 Å². The lowest BCUT2D eigenvalue weighted by Gasteiger charge is -2.24. The summed E-state index contributed by atoms with van der Waals surface area (Å²) in [4.78, 5) is 11.7. The van der Waals surface area contributed by atoms with Gasteiger partial charge in [-0.2, -0.15) is 0 Å². The molecule has 0 bridgehead atoms. The van der Waals surface area contributed by atoms with E-state index in [1.165, 1.54) is 0 Å². The number of esters is 1. The van der Waals surface area contributed by atoms with Gasteiger partial charge in [-0.3, -0.25) is 0 Å². The molecule has 2 fully saturated rings. The first kappa shape index (κ1) is 13.8. The highest BCUT2D eigenvalue weighted by Gasteiger charge is 2.60. The molecule has 2 heterocycles. The molecule has 0 aromatic rings. The minimum Gasteiger partial charge on any atom is -0.454 e. The van der Waals surface area contributed by atoms with Crippen LogP contribution in [0.4, 0.5) is 0 Å². The van der Waals surface area contributed by atoms with Crippen molar-refractivity contribution in [2.45, 2.75) is 56.7 Å². The fourth-order valence-corrected chi connectivity index (χ4v) is 3.24. The van der Waals surface area contributed by atoms with Crippen LogP contribution in [0.2, 0.25) is 0 Å². The predicted octanol–water partition coefficient (Wildman–Crippen LogP) is 0.704. The number of aliphatic hydroxyl groups is 2. The SMILES string of the molecule is C=C1C(=O)O[C@H]2/C=C(/C)[C@H](O)CC[C@@]3(C)O[C@@H]3[C@@H](O)[C@H]12. The van der Waals surface area contributed by atoms with Gasteiger partial charge >= 0.3 is 5.97 Å². The second kappa shape index (κ2) is 4.41. The fourth-order valence-electron chi connectivity index (χ4n) is 3.24. The first-order valence-electron chi connectivity index (χ1n) is 6.95. The molecule has 6 atom stereocenters. The van der Waals surface area contributed by atoms with Crippen molar-refractivity contribution < 1.29 is 24.5 Å². The number of fused-ring (bicyclic) bond motifs is 2. The first-order chi connectivity index (χ1) is 9.33. The number of hydrogen-bond acceptors (Lipinski definition) is 5. The zero-order valence-corrected chi connectivity index (χ0v) is 11.7. The molecule has 0 saturated carbocycles. The van der Waals surface area contributed by atoms with Crippen molar-refractivity contribution in [2.24, 2.45) is 5.92 Å². The summed E-state index contributed by atoms with van der Waals surface area (Å²) >= 11 is 0. The van der Waals surface area contributed by atoms with Crippen molar-refractivity contribution >= 4 is 5.97 Å². The molecule has 3 aliphatic rings. The van der Waals surface area contributed by atoms with Crippen molar-refractivity contribution in [3.05, 3.63) is 23.8 Å². The highest BCUT2D eigenvalue weighted by molar-refractivity contribution is 5.91. The number of carbonyl (C=O) groups is 1. The zero-order valence-electron chi connectivity index (χ0n) is 11.7. The molecular formula is C15H20O5.